The lowest BCUT2D eigenvalue weighted by Crippen LogP contribution is -2.27. The monoisotopic (exact) mass is 293 g/mol. The van der Waals surface area contributed by atoms with E-state index in [1.807, 2.05) is 0 Å². The smallest absolute Gasteiger partial charge is 0.0701 e. The fourth-order valence-corrected chi connectivity index (χ4v) is 2.36. The molecule has 0 aliphatic carbocycles. The van der Waals surface area contributed by atoms with E-state index in [0.717, 1.165) is 26.0 Å². The van der Waals surface area contributed by atoms with E-state index in [2.05, 4.69) is 51.2 Å². The zero-order valence-electron chi connectivity index (χ0n) is 14.1. The van der Waals surface area contributed by atoms with Crippen LogP contribution in [0.1, 0.15) is 49.4 Å². The fourth-order valence-electron chi connectivity index (χ4n) is 2.36. The van der Waals surface area contributed by atoms with Gasteiger partial charge in [-0.05, 0) is 44.4 Å². The Morgan fingerprint density at radius 3 is 2.43 bits per heavy atom. The van der Waals surface area contributed by atoms with Crippen molar-refractivity contribution in [2.75, 3.05) is 33.0 Å². The SMILES string of the molecule is CCCNC(COCCOCCC)c1ccc(C)cc1C. The molecule has 0 aliphatic rings. The summed E-state index contributed by atoms with van der Waals surface area (Å²) in [6.07, 6.45) is 2.18. The normalized spacial score (nSPS) is 12.6. The van der Waals surface area contributed by atoms with Gasteiger partial charge in [-0.2, -0.15) is 0 Å². The molecule has 1 atom stereocenters. The van der Waals surface area contributed by atoms with Gasteiger partial charge in [0.2, 0.25) is 0 Å². The van der Waals surface area contributed by atoms with E-state index in [9.17, 15) is 0 Å². The van der Waals surface area contributed by atoms with Crippen molar-refractivity contribution < 1.29 is 9.47 Å². The fraction of sp³-hybridized carbons (Fsp3) is 0.667. The van der Waals surface area contributed by atoms with Crippen LogP contribution in [0.5, 0.6) is 0 Å². The van der Waals surface area contributed by atoms with E-state index >= 15 is 0 Å². The largest absolute Gasteiger partial charge is 0.379 e. The van der Waals surface area contributed by atoms with Gasteiger partial charge in [-0.3, -0.25) is 0 Å². The van der Waals surface area contributed by atoms with Crippen LogP contribution in [0.3, 0.4) is 0 Å². The third-order valence-corrected chi connectivity index (χ3v) is 3.45. The number of hydrogen-bond donors (Lipinski definition) is 1. The van der Waals surface area contributed by atoms with Gasteiger partial charge in [0.1, 0.15) is 0 Å². The van der Waals surface area contributed by atoms with Crippen LogP contribution in [-0.2, 0) is 9.47 Å². The Morgan fingerprint density at radius 2 is 1.76 bits per heavy atom. The summed E-state index contributed by atoms with van der Waals surface area (Å²) in [7, 11) is 0. The van der Waals surface area contributed by atoms with Crippen molar-refractivity contribution in [3.63, 3.8) is 0 Å². The lowest BCUT2D eigenvalue weighted by molar-refractivity contribution is 0.0391. The summed E-state index contributed by atoms with van der Waals surface area (Å²) in [4.78, 5) is 0. The Balaban J connectivity index is 2.50. The first-order valence-electron chi connectivity index (χ1n) is 8.15. The molecule has 0 aromatic heterocycles. The minimum Gasteiger partial charge on any atom is -0.379 e. The molecule has 0 bridgehead atoms. The average Bonchev–Trinajstić information content (AvgIpc) is 2.46. The molecule has 3 nitrogen and oxygen atoms in total. The molecular formula is C18H31NO2. The lowest BCUT2D eigenvalue weighted by atomic mass is 9.99. The molecular weight excluding hydrogens is 262 g/mol. The maximum Gasteiger partial charge on any atom is 0.0701 e. The van der Waals surface area contributed by atoms with Crippen LogP contribution in [0.4, 0.5) is 0 Å². The molecule has 3 heteroatoms. The summed E-state index contributed by atoms with van der Waals surface area (Å²) in [5.41, 5.74) is 3.97. The quantitative estimate of drug-likeness (QED) is 0.630. The first-order valence-corrected chi connectivity index (χ1v) is 8.15. The van der Waals surface area contributed by atoms with Crippen LogP contribution < -0.4 is 5.32 Å². The van der Waals surface area contributed by atoms with E-state index in [1.165, 1.54) is 16.7 Å². The number of aryl methyl sites for hydroxylation is 2. The van der Waals surface area contributed by atoms with Crippen molar-refractivity contribution in [1.29, 1.82) is 0 Å². The third kappa shape index (κ3) is 7.07. The summed E-state index contributed by atoms with van der Waals surface area (Å²) >= 11 is 0. The van der Waals surface area contributed by atoms with Crippen molar-refractivity contribution in [2.24, 2.45) is 0 Å². The topological polar surface area (TPSA) is 30.5 Å². The molecule has 0 fully saturated rings. The molecule has 0 saturated heterocycles. The molecule has 0 heterocycles. The second-order valence-corrected chi connectivity index (χ2v) is 5.55. The Hall–Kier alpha value is -0.900. The number of hydrogen-bond acceptors (Lipinski definition) is 3. The van der Waals surface area contributed by atoms with Gasteiger partial charge in [0.05, 0.1) is 25.9 Å². The van der Waals surface area contributed by atoms with E-state index in [-0.39, 0.29) is 6.04 Å². The van der Waals surface area contributed by atoms with E-state index < -0.39 is 0 Å². The van der Waals surface area contributed by atoms with Crippen LogP contribution >= 0.6 is 0 Å². The summed E-state index contributed by atoms with van der Waals surface area (Å²) in [5, 5.41) is 3.58. The van der Waals surface area contributed by atoms with Gasteiger partial charge in [0, 0.05) is 6.61 Å². The van der Waals surface area contributed by atoms with Gasteiger partial charge in [-0.25, -0.2) is 0 Å². The third-order valence-electron chi connectivity index (χ3n) is 3.45. The molecule has 0 spiro atoms. The van der Waals surface area contributed by atoms with Crippen molar-refractivity contribution in [3.05, 3.63) is 34.9 Å². The molecule has 1 N–H and O–H groups in total. The van der Waals surface area contributed by atoms with Crippen LogP contribution in [0, 0.1) is 13.8 Å². The minimum absolute atomic E-state index is 0.261. The van der Waals surface area contributed by atoms with Gasteiger partial charge < -0.3 is 14.8 Å². The maximum atomic E-state index is 5.79. The van der Waals surface area contributed by atoms with Crippen molar-refractivity contribution >= 4 is 0 Å². The number of ether oxygens (including phenoxy) is 2. The molecule has 1 unspecified atom stereocenters. The molecule has 1 aromatic carbocycles. The van der Waals surface area contributed by atoms with E-state index in [0.29, 0.717) is 19.8 Å². The molecule has 21 heavy (non-hydrogen) atoms. The van der Waals surface area contributed by atoms with Gasteiger partial charge >= 0.3 is 0 Å². The summed E-state index contributed by atoms with van der Waals surface area (Å²) in [6.45, 7) is 12.5. The van der Waals surface area contributed by atoms with Gasteiger partial charge in [0.15, 0.2) is 0 Å². The molecule has 120 valence electrons. The molecule has 0 aliphatic heterocycles. The second kappa shape index (κ2) is 10.8. The van der Waals surface area contributed by atoms with Crippen molar-refractivity contribution in [1.82, 2.24) is 5.32 Å². The predicted octanol–water partition coefficient (Wildman–Crippen LogP) is 3.79. The van der Waals surface area contributed by atoms with Crippen molar-refractivity contribution in [2.45, 2.75) is 46.6 Å². The van der Waals surface area contributed by atoms with E-state index in [1.54, 1.807) is 0 Å². The van der Waals surface area contributed by atoms with Crippen LogP contribution in [-0.4, -0.2) is 33.0 Å². The Labute approximate surface area is 130 Å². The van der Waals surface area contributed by atoms with Crippen LogP contribution in [0.2, 0.25) is 0 Å². The molecule has 0 radical (unpaired) electrons. The number of benzene rings is 1. The number of nitrogens with one attached hydrogen (secondary N) is 1. The second-order valence-electron chi connectivity index (χ2n) is 5.55. The summed E-state index contributed by atoms with van der Waals surface area (Å²) in [6, 6.07) is 6.89. The standard InChI is InChI=1S/C18H31NO2/c1-5-9-19-18(14-21-12-11-20-10-6-2)17-8-7-15(3)13-16(17)4/h7-8,13,18-19H,5-6,9-12,14H2,1-4H3. The van der Waals surface area contributed by atoms with Gasteiger partial charge in [-0.15, -0.1) is 0 Å². The highest BCUT2D eigenvalue weighted by Crippen LogP contribution is 2.19. The Morgan fingerprint density at radius 1 is 1.00 bits per heavy atom. The zero-order valence-corrected chi connectivity index (χ0v) is 14.1. The van der Waals surface area contributed by atoms with Crippen molar-refractivity contribution in [3.8, 4) is 0 Å². The molecule has 1 aromatic rings. The Kier molecular flexibility index (Phi) is 9.31. The summed E-state index contributed by atoms with van der Waals surface area (Å²) in [5.74, 6) is 0. The highest BCUT2D eigenvalue weighted by atomic mass is 16.5. The predicted molar refractivity (Wildman–Crippen MR) is 88.9 cm³/mol. The average molecular weight is 293 g/mol. The minimum atomic E-state index is 0.261. The highest BCUT2D eigenvalue weighted by Gasteiger charge is 2.13. The summed E-state index contributed by atoms with van der Waals surface area (Å²) < 4.78 is 11.2. The maximum absolute atomic E-state index is 5.79. The van der Waals surface area contributed by atoms with Gasteiger partial charge in [-0.1, -0.05) is 37.6 Å². The van der Waals surface area contributed by atoms with E-state index in [4.69, 9.17) is 9.47 Å². The molecule has 1 rings (SSSR count). The lowest BCUT2D eigenvalue weighted by Gasteiger charge is -2.21. The molecule has 0 amide bonds. The van der Waals surface area contributed by atoms with Gasteiger partial charge in [0.25, 0.3) is 0 Å². The van der Waals surface area contributed by atoms with Crippen LogP contribution in [0.15, 0.2) is 18.2 Å². The first kappa shape index (κ1) is 18.1. The van der Waals surface area contributed by atoms with Crippen LogP contribution in [0.25, 0.3) is 0 Å². The highest BCUT2D eigenvalue weighted by molar-refractivity contribution is 5.32. The first-order chi connectivity index (χ1) is 10.2. The Bertz CT molecular complexity index is 393. The molecule has 0 saturated carbocycles. The number of rotatable bonds is 11. The zero-order chi connectivity index (χ0) is 15.5.